The van der Waals surface area contributed by atoms with Gasteiger partial charge in [0.1, 0.15) is 18.2 Å². The molecule has 1 atom stereocenters. The molecule has 1 aliphatic carbocycles. The zero-order valence-corrected chi connectivity index (χ0v) is 23.2. The molecular weight excluding hydrogens is 498 g/mol. The molecule has 8 nitrogen and oxygen atoms in total. The van der Waals surface area contributed by atoms with Crippen molar-refractivity contribution in [2.75, 3.05) is 27.9 Å². The number of hydrogen-bond donors (Lipinski definition) is 1. The molecule has 3 aromatic rings. The van der Waals surface area contributed by atoms with Crippen LogP contribution in [0, 0.1) is 0 Å². The highest BCUT2D eigenvalue weighted by molar-refractivity contribution is 5.83. The molecule has 0 unspecified atom stereocenters. The predicted octanol–water partition coefficient (Wildman–Crippen LogP) is 5.50. The van der Waals surface area contributed by atoms with Crippen LogP contribution in [0.3, 0.4) is 0 Å². The predicted molar refractivity (Wildman–Crippen MR) is 148 cm³/mol. The van der Waals surface area contributed by atoms with E-state index in [1.807, 2.05) is 36.4 Å². The molecule has 0 radical (unpaired) electrons. The molecule has 0 saturated heterocycles. The van der Waals surface area contributed by atoms with Crippen LogP contribution in [-0.2, 0) is 20.7 Å². The van der Waals surface area contributed by atoms with Gasteiger partial charge in [-0.15, -0.1) is 0 Å². The first-order chi connectivity index (χ1) is 18.7. The summed E-state index contributed by atoms with van der Waals surface area (Å²) in [7, 11) is 4.53. The van der Waals surface area contributed by atoms with E-state index in [2.05, 4.69) is 17.4 Å². The van der Waals surface area contributed by atoms with Crippen molar-refractivity contribution in [3.8, 4) is 28.4 Å². The van der Waals surface area contributed by atoms with E-state index in [9.17, 15) is 9.59 Å². The second kappa shape index (κ2) is 11.7. The summed E-state index contributed by atoms with van der Waals surface area (Å²) < 4.78 is 27.7. The fourth-order valence-electron chi connectivity index (χ4n) is 4.89. The molecule has 0 heterocycles. The van der Waals surface area contributed by atoms with E-state index in [4.69, 9.17) is 23.7 Å². The van der Waals surface area contributed by atoms with Crippen LogP contribution in [0.25, 0.3) is 11.1 Å². The minimum atomic E-state index is -1.04. The average Bonchev–Trinajstić information content (AvgIpc) is 3.23. The molecule has 39 heavy (non-hydrogen) atoms. The third-order valence-electron chi connectivity index (χ3n) is 6.54. The lowest BCUT2D eigenvalue weighted by Crippen LogP contribution is -2.46. The van der Waals surface area contributed by atoms with Crippen molar-refractivity contribution in [2.24, 2.45) is 0 Å². The number of amides is 1. The first-order valence-corrected chi connectivity index (χ1v) is 12.8. The van der Waals surface area contributed by atoms with Crippen molar-refractivity contribution in [1.82, 2.24) is 5.32 Å². The van der Waals surface area contributed by atoms with Crippen molar-refractivity contribution in [3.63, 3.8) is 0 Å². The molecule has 1 amide bonds. The van der Waals surface area contributed by atoms with Crippen LogP contribution < -0.4 is 19.5 Å². The standard InChI is InChI=1S/C31H35NO7/c1-31(2,3)39-29(33)25(17-19-15-16-26(35-4)28(37-6)27(19)36-5)32-30(34)38-18-24-22-13-9-7-11-20(22)21-12-8-10-14-23(21)24/h7-16,24-25H,17-18H2,1-6H3,(H,32,34)/t25-/m0/s1. The van der Waals surface area contributed by atoms with Crippen LogP contribution >= 0.6 is 0 Å². The first-order valence-electron chi connectivity index (χ1n) is 12.8. The molecule has 8 heteroatoms. The van der Waals surface area contributed by atoms with Gasteiger partial charge in [-0.05, 0) is 49.1 Å². The molecule has 1 aliphatic rings. The lowest BCUT2D eigenvalue weighted by molar-refractivity contribution is -0.157. The summed E-state index contributed by atoms with van der Waals surface area (Å²) in [6, 6.07) is 18.6. The Bertz CT molecular complexity index is 1300. The Morgan fingerprint density at radius 2 is 1.41 bits per heavy atom. The number of fused-ring (bicyclic) bond motifs is 3. The van der Waals surface area contributed by atoms with Crippen molar-refractivity contribution >= 4 is 12.1 Å². The lowest BCUT2D eigenvalue weighted by atomic mass is 9.98. The first kappa shape index (κ1) is 27.8. The van der Waals surface area contributed by atoms with E-state index in [1.54, 1.807) is 32.9 Å². The molecule has 0 aliphatic heterocycles. The smallest absolute Gasteiger partial charge is 0.407 e. The maximum absolute atomic E-state index is 13.2. The van der Waals surface area contributed by atoms with Crippen LogP contribution in [-0.4, -0.2) is 51.6 Å². The van der Waals surface area contributed by atoms with Gasteiger partial charge in [0.15, 0.2) is 11.5 Å². The Balaban J connectivity index is 1.54. The third kappa shape index (κ3) is 6.11. The van der Waals surface area contributed by atoms with E-state index < -0.39 is 23.7 Å². The zero-order chi connectivity index (χ0) is 28.2. The topological polar surface area (TPSA) is 92.3 Å². The summed E-state index contributed by atoms with van der Waals surface area (Å²) in [5, 5.41) is 2.71. The number of benzene rings is 3. The summed E-state index contributed by atoms with van der Waals surface area (Å²) >= 11 is 0. The number of hydrogen-bond acceptors (Lipinski definition) is 7. The minimum absolute atomic E-state index is 0.0859. The van der Waals surface area contributed by atoms with Gasteiger partial charge in [-0.25, -0.2) is 9.59 Å². The molecule has 0 saturated carbocycles. The number of alkyl carbamates (subject to hydrolysis) is 1. The molecule has 4 rings (SSSR count). The highest BCUT2D eigenvalue weighted by Gasteiger charge is 2.32. The summed E-state index contributed by atoms with van der Waals surface area (Å²) in [5.74, 6) is 0.583. The van der Waals surface area contributed by atoms with Crippen molar-refractivity contribution < 1.29 is 33.3 Å². The molecule has 0 spiro atoms. The molecule has 0 bridgehead atoms. The van der Waals surface area contributed by atoms with Gasteiger partial charge < -0.3 is 29.0 Å². The van der Waals surface area contributed by atoms with Gasteiger partial charge in [0, 0.05) is 17.9 Å². The molecule has 206 valence electrons. The van der Waals surface area contributed by atoms with Crippen LogP contribution in [0.1, 0.15) is 43.4 Å². The molecule has 0 fully saturated rings. The monoisotopic (exact) mass is 533 g/mol. The summed E-state index contributed by atoms with van der Waals surface area (Å²) in [6.45, 7) is 5.44. The number of nitrogens with one attached hydrogen (secondary N) is 1. The fourth-order valence-corrected chi connectivity index (χ4v) is 4.89. The minimum Gasteiger partial charge on any atom is -0.493 e. The van der Waals surface area contributed by atoms with Gasteiger partial charge in [0.25, 0.3) is 0 Å². The Morgan fingerprint density at radius 3 is 1.95 bits per heavy atom. The SMILES string of the molecule is COc1ccc(C[C@H](NC(=O)OCC2c3ccccc3-c3ccccc32)C(=O)OC(C)(C)C)c(OC)c1OC. The number of carbonyl (C=O) groups is 2. The zero-order valence-electron chi connectivity index (χ0n) is 23.2. The second-order valence-electron chi connectivity index (χ2n) is 10.3. The number of esters is 1. The Kier molecular flexibility index (Phi) is 8.33. The molecule has 3 aromatic carbocycles. The van der Waals surface area contributed by atoms with Crippen LogP contribution in [0.2, 0.25) is 0 Å². The van der Waals surface area contributed by atoms with E-state index in [-0.39, 0.29) is 18.9 Å². The maximum Gasteiger partial charge on any atom is 0.407 e. The van der Waals surface area contributed by atoms with Gasteiger partial charge in [-0.3, -0.25) is 0 Å². The summed E-state index contributed by atoms with van der Waals surface area (Å²) in [6.07, 6.45) is -0.630. The van der Waals surface area contributed by atoms with Gasteiger partial charge >= 0.3 is 12.1 Å². The highest BCUT2D eigenvalue weighted by Crippen LogP contribution is 2.44. The summed E-state index contributed by atoms with van der Waals surface area (Å²) in [4.78, 5) is 26.2. The second-order valence-corrected chi connectivity index (χ2v) is 10.3. The van der Waals surface area contributed by atoms with E-state index in [0.29, 0.717) is 22.8 Å². The quantitative estimate of drug-likeness (QED) is 0.363. The van der Waals surface area contributed by atoms with Crippen LogP contribution in [0.4, 0.5) is 4.79 Å². The van der Waals surface area contributed by atoms with Gasteiger partial charge in [-0.1, -0.05) is 54.6 Å². The number of methoxy groups -OCH3 is 3. The number of rotatable bonds is 9. The normalized spacial score (nSPS) is 13.1. The third-order valence-corrected chi connectivity index (χ3v) is 6.54. The fraction of sp³-hybridized carbons (Fsp3) is 0.355. The van der Waals surface area contributed by atoms with Crippen LogP contribution in [0.15, 0.2) is 60.7 Å². The van der Waals surface area contributed by atoms with E-state index >= 15 is 0 Å². The van der Waals surface area contributed by atoms with Crippen LogP contribution in [0.5, 0.6) is 17.2 Å². The largest absolute Gasteiger partial charge is 0.493 e. The highest BCUT2D eigenvalue weighted by atomic mass is 16.6. The number of ether oxygens (including phenoxy) is 5. The van der Waals surface area contributed by atoms with E-state index in [1.165, 1.54) is 21.3 Å². The Labute approximate surface area is 229 Å². The van der Waals surface area contributed by atoms with Gasteiger partial charge in [0.05, 0.1) is 21.3 Å². The average molecular weight is 534 g/mol. The maximum atomic E-state index is 13.2. The van der Waals surface area contributed by atoms with Gasteiger partial charge in [0.2, 0.25) is 5.75 Å². The lowest BCUT2D eigenvalue weighted by Gasteiger charge is -2.25. The van der Waals surface area contributed by atoms with E-state index in [0.717, 1.165) is 22.3 Å². The van der Waals surface area contributed by atoms with Crippen molar-refractivity contribution in [1.29, 1.82) is 0 Å². The van der Waals surface area contributed by atoms with Crippen molar-refractivity contribution in [3.05, 3.63) is 77.4 Å². The molecular formula is C31H35NO7. The molecule has 0 aromatic heterocycles. The van der Waals surface area contributed by atoms with Gasteiger partial charge in [-0.2, -0.15) is 0 Å². The number of carbonyl (C=O) groups excluding carboxylic acids is 2. The Morgan fingerprint density at radius 1 is 0.821 bits per heavy atom. The van der Waals surface area contributed by atoms with Crippen molar-refractivity contribution in [2.45, 2.75) is 44.8 Å². The Hall–Kier alpha value is -4.20. The molecule has 1 N–H and O–H groups in total. The summed E-state index contributed by atoms with van der Waals surface area (Å²) in [5.41, 5.74) is 4.35.